The summed E-state index contributed by atoms with van der Waals surface area (Å²) in [5, 5.41) is 0. The molecule has 1 aromatic carbocycles. The third-order valence-electron chi connectivity index (χ3n) is 5.80. The summed E-state index contributed by atoms with van der Waals surface area (Å²) < 4.78 is 11.6. The number of hydrogen-bond donors (Lipinski definition) is 0. The van der Waals surface area contributed by atoms with Gasteiger partial charge in [-0.25, -0.2) is 4.79 Å². The molecule has 1 unspecified atom stereocenters. The van der Waals surface area contributed by atoms with Crippen molar-refractivity contribution in [2.75, 3.05) is 0 Å². The van der Waals surface area contributed by atoms with Gasteiger partial charge in [-0.1, -0.05) is 25.1 Å². The van der Waals surface area contributed by atoms with Crippen LogP contribution in [0.25, 0.3) is 0 Å². The van der Waals surface area contributed by atoms with Crippen LogP contribution in [0.15, 0.2) is 30.3 Å². The minimum absolute atomic E-state index is 0.0751. The molecule has 0 aromatic heterocycles. The molecule has 3 aliphatic rings. The third-order valence-corrected chi connectivity index (χ3v) is 5.80. The maximum atomic E-state index is 12.2. The van der Waals surface area contributed by atoms with E-state index in [0.29, 0.717) is 29.1 Å². The Labute approximate surface area is 125 Å². The van der Waals surface area contributed by atoms with Crippen molar-refractivity contribution in [2.24, 2.45) is 11.3 Å². The van der Waals surface area contributed by atoms with Gasteiger partial charge in [0.05, 0.1) is 17.8 Å². The highest BCUT2D eigenvalue weighted by molar-refractivity contribution is 5.89. The highest BCUT2D eigenvalue weighted by Gasteiger charge is 2.59. The quantitative estimate of drug-likeness (QED) is 0.616. The monoisotopic (exact) mass is 286 g/mol. The number of epoxide rings is 1. The first-order valence-electron chi connectivity index (χ1n) is 8.08. The first kappa shape index (κ1) is 13.3. The van der Waals surface area contributed by atoms with Crippen molar-refractivity contribution in [3.8, 4) is 0 Å². The minimum atomic E-state index is -0.180. The largest absolute Gasteiger partial charge is 0.459 e. The van der Waals surface area contributed by atoms with Crippen LogP contribution < -0.4 is 0 Å². The highest BCUT2D eigenvalue weighted by Crippen LogP contribution is 2.58. The molecule has 0 spiro atoms. The van der Waals surface area contributed by atoms with Crippen molar-refractivity contribution in [2.45, 2.75) is 57.3 Å². The average molecular weight is 286 g/mol. The van der Waals surface area contributed by atoms with Crippen LogP contribution in [0, 0.1) is 11.3 Å². The average Bonchev–Trinajstić information content (AvgIpc) is 3.30. The molecule has 2 aliphatic carbocycles. The SMILES string of the molecule is C[C@]12CC[C@H](OC(=O)c3ccccc3)CC1CC[C@@H]1O[C@@H]12. The van der Waals surface area contributed by atoms with E-state index in [0.717, 1.165) is 19.3 Å². The van der Waals surface area contributed by atoms with E-state index in [9.17, 15) is 4.79 Å². The fourth-order valence-electron chi connectivity index (χ4n) is 4.41. The molecule has 4 rings (SSSR count). The minimum Gasteiger partial charge on any atom is -0.459 e. The fraction of sp³-hybridized carbons (Fsp3) is 0.611. The van der Waals surface area contributed by atoms with Crippen molar-refractivity contribution >= 4 is 5.97 Å². The fourth-order valence-corrected chi connectivity index (χ4v) is 4.41. The van der Waals surface area contributed by atoms with E-state index >= 15 is 0 Å². The second-order valence-electron chi connectivity index (χ2n) is 7.04. The van der Waals surface area contributed by atoms with E-state index in [4.69, 9.17) is 9.47 Å². The van der Waals surface area contributed by atoms with Crippen LogP contribution in [0.2, 0.25) is 0 Å². The number of benzene rings is 1. The van der Waals surface area contributed by atoms with Crippen LogP contribution >= 0.6 is 0 Å². The maximum absolute atomic E-state index is 12.2. The first-order chi connectivity index (χ1) is 10.2. The molecule has 1 aliphatic heterocycles. The molecule has 112 valence electrons. The van der Waals surface area contributed by atoms with E-state index in [1.807, 2.05) is 30.3 Å². The van der Waals surface area contributed by atoms with Gasteiger partial charge in [-0.15, -0.1) is 0 Å². The van der Waals surface area contributed by atoms with Crippen molar-refractivity contribution in [3.05, 3.63) is 35.9 Å². The lowest BCUT2D eigenvalue weighted by molar-refractivity contribution is -0.0280. The number of ether oxygens (including phenoxy) is 2. The molecule has 0 radical (unpaired) electrons. The van der Waals surface area contributed by atoms with E-state index in [2.05, 4.69) is 6.92 Å². The molecule has 2 saturated carbocycles. The Bertz CT molecular complexity index is 541. The number of hydrogen-bond acceptors (Lipinski definition) is 3. The van der Waals surface area contributed by atoms with Crippen molar-refractivity contribution in [3.63, 3.8) is 0 Å². The normalized spacial score (nSPS) is 40.8. The lowest BCUT2D eigenvalue weighted by atomic mass is 9.60. The number of carbonyl (C=O) groups excluding carboxylic acids is 1. The summed E-state index contributed by atoms with van der Waals surface area (Å²) in [5.74, 6) is 0.462. The molecule has 0 bridgehead atoms. The summed E-state index contributed by atoms with van der Waals surface area (Å²) in [7, 11) is 0. The number of fused-ring (bicyclic) bond motifs is 3. The first-order valence-corrected chi connectivity index (χ1v) is 8.08. The molecule has 1 heterocycles. The van der Waals surface area contributed by atoms with Crippen molar-refractivity contribution in [1.29, 1.82) is 0 Å². The molecule has 3 nitrogen and oxygen atoms in total. The van der Waals surface area contributed by atoms with Gasteiger partial charge in [-0.2, -0.15) is 0 Å². The molecule has 0 N–H and O–H groups in total. The lowest BCUT2D eigenvalue weighted by Gasteiger charge is -2.45. The number of esters is 1. The Morgan fingerprint density at radius 3 is 2.86 bits per heavy atom. The summed E-state index contributed by atoms with van der Waals surface area (Å²) in [5.41, 5.74) is 0.971. The van der Waals surface area contributed by atoms with Gasteiger partial charge in [0.2, 0.25) is 0 Å². The molecule has 5 atom stereocenters. The van der Waals surface area contributed by atoms with Crippen LogP contribution in [-0.4, -0.2) is 24.3 Å². The molecule has 3 heteroatoms. The van der Waals surface area contributed by atoms with Gasteiger partial charge in [-0.3, -0.25) is 0 Å². The molecule has 1 saturated heterocycles. The van der Waals surface area contributed by atoms with Crippen LogP contribution in [0.5, 0.6) is 0 Å². The Kier molecular flexibility index (Phi) is 3.07. The number of carbonyl (C=O) groups is 1. The standard InChI is InChI=1S/C18H22O3/c1-18-10-9-14(11-13(18)7-8-15-16(18)21-15)20-17(19)12-5-3-2-4-6-12/h2-6,13-16H,7-11H2,1H3/t13?,14-,15-,16-,18-/m0/s1. The topological polar surface area (TPSA) is 38.8 Å². The van der Waals surface area contributed by atoms with Gasteiger partial charge in [0, 0.05) is 0 Å². The molecule has 21 heavy (non-hydrogen) atoms. The summed E-state index contributed by atoms with van der Waals surface area (Å²) in [6.07, 6.45) is 6.56. The predicted molar refractivity (Wildman–Crippen MR) is 79.0 cm³/mol. The second-order valence-corrected chi connectivity index (χ2v) is 7.04. The summed E-state index contributed by atoms with van der Waals surface area (Å²) in [4.78, 5) is 12.2. The van der Waals surface area contributed by atoms with Gasteiger partial charge in [-0.05, 0) is 55.6 Å². The van der Waals surface area contributed by atoms with Crippen LogP contribution in [0.3, 0.4) is 0 Å². The van der Waals surface area contributed by atoms with Crippen LogP contribution in [0.4, 0.5) is 0 Å². The zero-order valence-corrected chi connectivity index (χ0v) is 12.5. The van der Waals surface area contributed by atoms with Gasteiger partial charge in [0.1, 0.15) is 6.10 Å². The Morgan fingerprint density at radius 2 is 2.05 bits per heavy atom. The van der Waals surface area contributed by atoms with Crippen LogP contribution in [0.1, 0.15) is 49.4 Å². The highest BCUT2D eigenvalue weighted by atomic mass is 16.6. The summed E-state index contributed by atoms with van der Waals surface area (Å²) >= 11 is 0. The Balaban J connectivity index is 1.41. The van der Waals surface area contributed by atoms with E-state index in [-0.39, 0.29) is 12.1 Å². The molecular formula is C18H22O3. The van der Waals surface area contributed by atoms with Gasteiger partial charge in [0.15, 0.2) is 0 Å². The van der Waals surface area contributed by atoms with E-state index in [1.54, 1.807) is 0 Å². The third kappa shape index (κ3) is 2.28. The van der Waals surface area contributed by atoms with E-state index in [1.165, 1.54) is 12.8 Å². The van der Waals surface area contributed by atoms with Crippen LogP contribution in [-0.2, 0) is 9.47 Å². The van der Waals surface area contributed by atoms with E-state index < -0.39 is 0 Å². The lowest BCUT2D eigenvalue weighted by Crippen LogP contribution is -2.44. The number of rotatable bonds is 2. The predicted octanol–water partition coefficient (Wildman–Crippen LogP) is 3.58. The maximum Gasteiger partial charge on any atom is 0.338 e. The zero-order chi connectivity index (χ0) is 14.4. The second kappa shape index (κ2) is 4.84. The smallest absolute Gasteiger partial charge is 0.338 e. The van der Waals surface area contributed by atoms with Gasteiger partial charge >= 0.3 is 5.97 Å². The Hall–Kier alpha value is -1.35. The van der Waals surface area contributed by atoms with Crippen molar-refractivity contribution < 1.29 is 14.3 Å². The molecule has 1 aromatic rings. The van der Waals surface area contributed by atoms with Gasteiger partial charge < -0.3 is 9.47 Å². The molecule has 0 amide bonds. The van der Waals surface area contributed by atoms with Crippen molar-refractivity contribution in [1.82, 2.24) is 0 Å². The summed E-state index contributed by atoms with van der Waals surface area (Å²) in [6, 6.07) is 9.30. The zero-order valence-electron chi connectivity index (χ0n) is 12.5. The van der Waals surface area contributed by atoms with Gasteiger partial charge in [0.25, 0.3) is 0 Å². The molecule has 3 fully saturated rings. The molecular weight excluding hydrogens is 264 g/mol. The Morgan fingerprint density at radius 1 is 1.24 bits per heavy atom. The summed E-state index contributed by atoms with van der Waals surface area (Å²) in [6.45, 7) is 2.37.